The first kappa shape index (κ1) is 77.8. The lowest BCUT2D eigenvalue weighted by molar-refractivity contribution is 0.660. The lowest BCUT2D eigenvalue weighted by Crippen LogP contribution is -2.14. The molecule has 0 atom stereocenters. The van der Waals surface area contributed by atoms with Crippen molar-refractivity contribution < 1.29 is 11.3 Å². The van der Waals surface area contributed by atoms with E-state index in [9.17, 15) is 0 Å². The van der Waals surface area contributed by atoms with E-state index in [-0.39, 0.29) is 28.8 Å². The molecule has 670 valence electrons. The van der Waals surface area contributed by atoms with Gasteiger partial charge in [0.2, 0.25) is 17.8 Å². The Kier molecular flexibility index (Phi) is 17.8. The van der Waals surface area contributed by atoms with E-state index in [2.05, 4.69) is 312 Å². The topological polar surface area (TPSA) is 114 Å². The Labute approximate surface area is 836 Å². The number of hydrogen-bond donors (Lipinski definition) is 0. The highest BCUT2D eigenvalue weighted by molar-refractivity contribution is 7.26. The average Bonchev–Trinajstić information content (AvgIpc) is 1.64. The van der Waals surface area contributed by atoms with Crippen LogP contribution in [0.2, 0.25) is 0 Å². The fourth-order valence-corrected chi connectivity index (χ4v) is 23.3. The minimum Gasteiger partial charge on any atom is -0.455 e. The Bertz CT molecular complexity index is 10900. The van der Waals surface area contributed by atoms with E-state index >= 15 is 0 Å². The van der Waals surface area contributed by atoms with E-state index in [0.29, 0.717) is 40.1 Å². The molecule has 0 bridgehead atoms. The molecule has 8 aromatic heterocycles. The monoisotopic (exact) mass is 1860 g/mol. The van der Waals surface area contributed by atoms with Gasteiger partial charge in [-0.1, -0.05) is 347 Å². The van der Waals surface area contributed by atoms with Crippen molar-refractivity contribution in [3.8, 4) is 96.1 Å². The molecule has 0 amide bonds. The zero-order valence-electron chi connectivity index (χ0n) is 82.5. The van der Waals surface area contributed by atoms with Crippen LogP contribution in [-0.4, -0.2) is 43.6 Å². The molecule has 0 aliphatic heterocycles. The minimum absolute atomic E-state index is 0.0213. The van der Waals surface area contributed by atoms with Crippen LogP contribution in [0.25, 0.3) is 278 Å². The number of para-hydroxylation sites is 5. The fourth-order valence-electron chi connectivity index (χ4n) is 22.0. The number of furan rings is 1. The van der Waals surface area contributed by atoms with Crippen LogP contribution in [0, 0.1) is 13.1 Å². The number of fused-ring (bicyclic) bond motifs is 24. The minimum atomic E-state index is -0.456. The number of aromatic nitrogens is 9. The molecule has 1 aliphatic carbocycles. The van der Waals surface area contributed by atoms with E-state index in [4.69, 9.17) is 54.3 Å². The predicted molar refractivity (Wildman–Crippen MR) is 597 cm³/mol. The quantitative estimate of drug-likeness (QED) is 0.132. The van der Waals surface area contributed by atoms with Crippen molar-refractivity contribution in [3.05, 3.63) is 477 Å². The summed E-state index contributed by atoms with van der Waals surface area (Å²) < 4.78 is 58.4. The van der Waals surface area contributed by atoms with Gasteiger partial charge in [0, 0.05) is 96.0 Å². The van der Waals surface area contributed by atoms with Gasteiger partial charge in [0.1, 0.15) is 11.2 Å². The zero-order chi connectivity index (χ0) is 99.9. The SMILES string of the molecule is [2H]c1c([2H])c([2H])c(-c2nc(-n3c4ccccc4c4cc5ccccc5cc43)nc3cc(-c4cccc5c4oc4ccccc45)ccc23)c([2H])c1[2H].[C-]#[N+]c1ccc(-c2nc(-n3c4ccccc4c4cc5ccccc5cc43)nc3cc(-c4ccc5c(c4)-c4ccccc4C5(C)C)ccc23)cc1.[C-]#[N+]c1ccc(-c2nc(-n3c4ccccc4c4cc5ccccc5cc43)nc3ccc(-c4cccc5c4sc4ccccc45)cc23)cc1. The van der Waals surface area contributed by atoms with Crippen molar-refractivity contribution in [2.45, 2.75) is 19.3 Å². The summed E-state index contributed by atoms with van der Waals surface area (Å²) in [5.74, 6) is 1.56. The van der Waals surface area contributed by atoms with Crippen LogP contribution >= 0.6 is 11.3 Å². The first-order valence-electron chi connectivity index (χ1n) is 50.4. The second kappa shape index (κ2) is 33.0. The number of hydrogen-bond acceptors (Lipinski definition) is 8. The highest BCUT2D eigenvalue weighted by atomic mass is 32.1. The fraction of sp³-hybridized carbons (Fsp3) is 0.0229. The normalized spacial score (nSPS) is 12.8. The molecule has 13 heteroatoms. The summed E-state index contributed by atoms with van der Waals surface area (Å²) in [7, 11) is 0. The van der Waals surface area contributed by atoms with Crippen molar-refractivity contribution in [3.63, 3.8) is 0 Å². The third-order valence-corrected chi connectivity index (χ3v) is 30.1. The molecular weight excluding hydrogens is 1780 g/mol. The number of benzene rings is 21. The van der Waals surface area contributed by atoms with E-state index in [1.165, 1.54) is 80.3 Å². The maximum absolute atomic E-state index is 8.91. The maximum atomic E-state index is 8.91. The van der Waals surface area contributed by atoms with Crippen LogP contribution in [0.15, 0.2) is 447 Å². The molecule has 30 rings (SSSR count). The zero-order valence-corrected chi connectivity index (χ0v) is 78.3. The molecule has 0 saturated heterocycles. The number of nitrogens with zero attached hydrogens (tertiary/aromatic N) is 11. The van der Waals surface area contributed by atoms with Gasteiger partial charge in [-0.05, 0) is 203 Å². The third-order valence-electron chi connectivity index (χ3n) is 28.9. The van der Waals surface area contributed by atoms with E-state index in [1.807, 2.05) is 149 Å². The van der Waals surface area contributed by atoms with E-state index < -0.39 is 18.1 Å². The Morgan fingerprint density at radius 3 is 1.24 bits per heavy atom. The molecule has 0 unspecified atom stereocenters. The molecule has 0 spiro atoms. The summed E-state index contributed by atoms with van der Waals surface area (Å²) in [6, 6.07) is 141. The maximum Gasteiger partial charge on any atom is 0.235 e. The summed E-state index contributed by atoms with van der Waals surface area (Å²) >= 11 is 1.83. The molecule has 0 radical (unpaired) electrons. The highest BCUT2D eigenvalue weighted by Gasteiger charge is 2.36. The van der Waals surface area contributed by atoms with Gasteiger partial charge in [0.15, 0.2) is 11.4 Å². The van der Waals surface area contributed by atoms with Crippen LogP contribution in [-0.2, 0) is 5.41 Å². The van der Waals surface area contributed by atoms with Crippen LogP contribution < -0.4 is 0 Å². The highest BCUT2D eigenvalue weighted by Crippen LogP contribution is 2.52. The summed E-state index contributed by atoms with van der Waals surface area (Å²) in [5.41, 5.74) is 26.5. The summed E-state index contributed by atoms with van der Waals surface area (Å²) in [6.45, 7) is 19.6. The molecule has 21 aromatic carbocycles. The molecule has 0 fully saturated rings. The van der Waals surface area contributed by atoms with E-state index in [1.54, 1.807) is 0 Å². The van der Waals surface area contributed by atoms with Gasteiger partial charge in [-0.25, -0.2) is 39.6 Å². The molecule has 144 heavy (non-hydrogen) atoms. The standard InChI is InChI=1S/C46H30N4.C43H24N4S.C42H25N3O/c1-46(2)39-14-8-6-12-34(39)37-24-31(19-23-40(37)46)32-18-22-36-41(26-32)48-45(49-44(36)28-16-20-33(47-3)21-17-28)50-42-15-9-7-13-35(42)38-25-29-10-4-5-11-30(29)27-43(38)50;1-44-30-20-17-26(18-21-30)41-36-24-29(31-13-8-14-34-33-12-5-7-16-40(33)48-42(31)34)19-22-37(36)45-43(46-41)47-38-15-6-4-11-32(38)35-23-27-9-2-3-10-28(27)25-39(35)47;1-2-11-26(12-3-1)40-34-22-21-29(30-17-10-18-33-32-16-7-9-20-39(32)46-41(30)33)24-36(34)43-42(44-40)45-37-19-8-6-15-31(37)35-23-27-13-4-5-14-28(27)25-38(35)45/h4-27H,1-2H3;2-25H;1-25H/i;;1D,2D,3D,11D,12D. The average molecular weight is 1860 g/mol. The largest absolute Gasteiger partial charge is 0.455 e. The van der Waals surface area contributed by atoms with Gasteiger partial charge >= 0.3 is 0 Å². The Balaban J connectivity index is 0.000000108. The summed E-state index contributed by atoms with van der Waals surface area (Å²) in [4.78, 5) is 38.8. The Morgan fingerprint density at radius 2 is 0.674 bits per heavy atom. The van der Waals surface area contributed by atoms with Crippen molar-refractivity contribution in [2.75, 3.05) is 0 Å². The van der Waals surface area contributed by atoms with Gasteiger partial charge in [0.25, 0.3) is 0 Å². The summed E-state index contributed by atoms with van der Waals surface area (Å²) in [6.07, 6.45) is 0. The van der Waals surface area contributed by atoms with Crippen LogP contribution in [0.5, 0.6) is 0 Å². The molecule has 0 N–H and O–H groups in total. The van der Waals surface area contributed by atoms with Crippen molar-refractivity contribution in [1.29, 1.82) is 0 Å². The van der Waals surface area contributed by atoms with Crippen molar-refractivity contribution >= 4 is 195 Å². The Hall–Kier alpha value is -19.2. The number of rotatable bonds is 9. The van der Waals surface area contributed by atoms with Gasteiger partial charge in [0.05, 0.1) is 86.7 Å². The smallest absolute Gasteiger partial charge is 0.235 e. The van der Waals surface area contributed by atoms with Crippen molar-refractivity contribution in [2.24, 2.45) is 0 Å². The summed E-state index contributed by atoms with van der Waals surface area (Å²) in [5, 5.41) is 20.7. The molecular formula is C131H79N11OS. The van der Waals surface area contributed by atoms with Gasteiger partial charge in [-0.2, -0.15) is 0 Å². The van der Waals surface area contributed by atoms with Gasteiger partial charge in [-0.3, -0.25) is 13.7 Å². The number of thiophene rings is 1. The third kappa shape index (κ3) is 13.5. The van der Waals surface area contributed by atoms with Crippen LogP contribution in [0.1, 0.15) is 31.8 Å². The first-order chi connectivity index (χ1) is 73.1. The molecule has 0 saturated carbocycles. The lowest BCUT2D eigenvalue weighted by Gasteiger charge is -2.21. The van der Waals surface area contributed by atoms with E-state index in [0.717, 1.165) is 159 Å². The van der Waals surface area contributed by atoms with Gasteiger partial charge < -0.3 is 4.42 Å². The molecule has 8 heterocycles. The van der Waals surface area contributed by atoms with Crippen molar-refractivity contribution in [1.82, 2.24) is 43.6 Å². The molecule has 29 aromatic rings. The second-order valence-electron chi connectivity index (χ2n) is 37.3. The predicted octanol–water partition coefficient (Wildman–Crippen LogP) is 35.3. The van der Waals surface area contributed by atoms with Gasteiger partial charge in [-0.15, -0.1) is 11.3 Å². The van der Waals surface area contributed by atoms with Crippen LogP contribution in [0.4, 0.5) is 11.4 Å². The first-order valence-corrected chi connectivity index (χ1v) is 48.7. The van der Waals surface area contributed by atoms with Crippen LogP contribution in [0.3, 0.4) is 0 Å². The lowest BCUT2D eigenvalue weighted by atomic mass is 9.82. The molecule has 1 aliphatic rings. The second-order valence-corrected chi connectivity index (χ2v) is 38.4. The Morgan fingerprint density at radius 1 is 0.271 bits per heavy atom. The molecule has 12 nitrogen and oxygen atoms in total.